The summed E-state index contributed by atoms with van der Waals surface area (Å²) in [7, 11) is 0. The largest absolute Gasteiger partial charge is 0.350 e. The van der Waals surface area contributed by atoms with E-state index in [-0.39, 0.29) is 11.8 Å². The lowest BCUT2D eigenvalue weighted by Crippen LogP contribution is -2.30. The van der Waals surface area contributed by atoms with Crippen molar-refractivity contribution in [2.75, 3.05) is 0 Å². The first kappa shape index (κ1) is 17.0. The molecule has 26 heavy (non-hydrogen) atoms. The lowest BCUT2D eigenvalue weighted by molar-refractivity contribution is -0.125. The molecule has 1 amide bonds. The van der Waals surface area contributed by atoms with Crippen LogP contribution in [0.1, 0.15) is 56.7 Å². The summed E-state index contributed by atoms with van der Waals surface area (Å²) in [5.74, 6) is 0.256. The van der Waals surface area contributed by atoms with Crippen molar-refractivity contribution in [3.63, 3.8) is 0 Å². The normalized spacial score (nSPS) is 20.4. The molecule has 0 bridgehead atoms. The first-order valence-corrected chi connectivity index (χ1v) is 9.73. The van der Waals surface area contributed by atoms with Crippen LogP contribution in [-0.4, -0.2) is 20.7 Å². The Hall–Kier alpha value is -2.43. The van der Waals surface area contributed by atoms with Gasteiger partial charge >= 0.3 is 0 Å². The molecule has 1 unspecified atom stereocenters. The molecule has 5 nitrogen and oxygen atoms in total. The van der Waals surface area contributed by atoms with E-state index in [9.17, 15) is 4.79 Å². The first-order valence-electron chi connectivity index (χ1n) is 9.73. The van der Waals surface area contributed by atoms with Crippen LogP contribution in [0.4, 0.5) is 0 Å². The Balaban J connectivity index is 1.51. The molecule has 0 radical (unpaired) electrons. The highest BCUT2D eigenvalue weighted by Crippen LogP contribution is 2.33. The Morgan fingerprint density at radius 3 is 2.69 bits per heavy atom. The summed E-state index contributed by atoms with van der Waals surface area (Å²) in [5, 5.41) is 7.94. The van der Waals surface area contributed by atoms with Gasteiger partial charge in [0.1, 0.15) is 0 Å². The van der Waals surface area contributed by atoms with Gasteiger partial charge in [-0.2, -0.15) is 5.10 Å². The minimum atomic E-state index is 0.108. The summed E-state index contributed by atoms with van der Waals surface area (Å²) >= 11 is 0. The van der Waals surface area contributed by atoms with Gasteiger partial charge in [0.15, 0.2) is 0 Å². The highest BCUT2D eigenvalue weighted by Gasteiger charge is 2.23. The summed E-state index contributed by atoms with van der Waals surface area (Å²) in [6.45, 7) is 0.497. The van der Waals surface area contributed by atoms with Gasteiger partial charge in [0.25, 0.3) is 0 Å². The monoisotopic (exact) mass is 350 g/mol. The Bertz CT molecular complexity index is 775. The number of amides is 1. The van der Waals surface area contributed by atoms with Gasteiger partial charge in [0, 0.05) is 23.9 Å². The number of carbonyl (C=O) groups excluding carboxylic acids is 1. The molecule has 2 aromatic rings. The van der Waals surface area contributed by atoms with Crippen LogP contribution in [0.15, 0.2) is 42.7 Å². The first-order chi connectivity index (χ1) is 12.8. The van der Waals surface area contributed by atoms with E-state index in [2.05, 4.69) is 33.2 Å². The Kier molecular flexibility index (Phi) is 5.14. The molecule has 2 heterocycles. The molecule has 5 heteroatoms. The van der Waals surface area contributed by atoms with Crippen molar-refractivity contribution in [3.05, 3.63) is 48.4 Å². The average molecular weight is 350 g/mol. The minimum absolute atomic E-state index is 0.108. The number of rotatable bonds is 5. The maximum Gasteiger partial charge on any atom is 0.223 e. The fourth-order valence-electron chi connectivity index (χ4n) is 4.05. The molecule has 0 aromatic carbocycles. The van der Waals surface area contributed by atoms with Crippen LogP contribution >= 0.6 is 0 Å². The highest BCUT2D eigenvalue weighted by molar-refractivity contribution is 5.79. The van der Waals surface area contributed by atoms with E-state index in [4.69, 9.17) is 5.10 Å². The van der Waals surface area contributed by atoms with Gasteiger partial charge < -0.3 is 5.32 Å². The maximum absolute atomic E-state index is 12.4. The van der Waals surface area contributed by atoms with E-state index in [1.54, 1.807) is 0 Å². The van der Waals surface area contributed by atoms with E-state index in [0.717, 1.165) is 36.2 Å². The molecule has 0 saturated heterocycles. The van der Waals surface area contributed by atoms with E-state index in [1.807, 2.05) is 24.5 Å². The molecule has 2 aliphatic carbocycles. The second-order valence-corrected chi connectivity index (χ2v) is 7.34. The molecule has 2 aliphatic rings. The summed E-state index contributed by atoms with van der Waals surface area (Å²) < 4.78 is 2.17. The van der Waals surface area contributed by atoms with Crippen LogP contribution in [0.2, 0.25) is 0 Å². The van der Waals surface area contributed by atoms with E-state index >= 15 is 0 Å². The van der Waals surface area contributed by atoms with Crippen molar-refractivity contribution in [1.29, 1.82) is 0 Å². The number of hydrogen-bond donors (Lipinski definition) is 1. The summed E-state index contributed by atoms with van der Waals surface area (Å²) in [5.41, 5.74) is 3.20. The van der Waals surface area contributed by atoms with E-state index in [1.165, 1.54) is 25.7 Å². The topological polar surface area (TPSA) is 59.8 Å². The number of carbonyl (C=O) groups is 1. The molecular formula is C21H26N4O. The quantitative estimate of drug-likeness (QED) is 0.828. The number of hydrogen-bond acceptors (Lipinski definition) is 3. The third-order valence-corrected chi connectivity index (χ3v) is 5.52. The van der Waals surface area contributed by atoms with Crippen LogP contribution in [0.25, 0.3) is 11.3 Å². The van der Waals surface area contributed by atoms with Crippen molar-refractivity contribution in [2.24, 2.45) is 5.92 Å². The van der Waals surface area contributed by atoms with Crippen molar-refractivity contribution < 1.29 is 4.79 Å². The van der Waals surface area contributed by atoms with Gasteiger partial charge in [0.2, 0.25) is 5.91 Å². The summed E-state index contributed by atoms with van der Waals surface area (Å²) in [6, 6.07) is 6.64. The van der Waals surface area contributed by atoms with Crippen molar-refractivity contribution in [2.45, 2.75) is 57.5 Å². The van der Waals surface area contributed by atoms with Crippen LogP contribution in [-0.2, 0) is 11.3 Å². The smallest absolute Gasteiger partial charge is 0.223 e. The molecule has 4 rings (SSSR count). The van der Waals surface area contributed by atoms with Crippen LogP contribution in [0.3, 0.4) is 0 Å². The second-order valence-electron chi connectivity index (χ2n) is 7.34. The van der Waals surface area contributed by atoms with Crippen molar-refractivity contribution in [1.82, 2.24) is 20.1 Å². The average Bonchev–Trinajstić information content (AvgIpc) is 3.37. The maximum atomic E-state index is 12.4. The second kappa shape index (κ2) is 7.85. The van der Waals surface area contributed by atoms with E-state index in [0.29, 0.717) is 12.6 Å². The van der Waals surface area contributed by atoms with Gasteiger partial charge in [-0.05, 0) is 50.3 Å². The fourth-order valence-corrected chi connectivity index (χ4v) is 4.05. The molecule has 1 fully saturated rings. The summed E-state index contributed by atoms with van der Waals surface area (Å²) in [4.78, 5) is 16.5. The number of aromatic nitrogens is 3. The highest BCUT2D eigenvalue weighted by atomic mass is 16.1. The predicted molar refractivity (Wildman–Crippen MR) is 101 cm³/mol. The Morgan fingerprint density at radius 1 is 1.15 bits per heavy atom. The molecule has 2 aromatic heterocycles. The van der Waals surface area contributed by atoms with Crippen LogP contribution in [0, 0.1) is 5.92 Å². The number of pyridine rings is 1. The van der Waals surface area contributed by atoms with Crippen LogP contribution in [0.5, 0.6) is 0 Å². The van der Waals surface area contributed by atoms with Crippen molar-refractivity contribution in [3.8, 4) is 11.3 Å². The Morgan fingerprint density at radius 2 is 1.96 bits per heavy atom. The van der Waals surface area contributed by atoms with Crippen molar-refractivity contribution >= 4 is 5.91 Å². The molecule has 0 aliphatic heterocycles. The third kappa shape index (κ3) is 3.71. The molecule has 136 valence electrons. The number of nitrogens with zero attached hydrogens (tertiary/aromatic N) is 3. The lowest BCUT2D eigenvalue weighted by atomic mass is 9.94. The van der Waals surface area contributed by atoms with Gasteiger partial charge in [0.05, 0.1) is 24.0 Å². The minimum Gasteiger partial charge on any atom is -0.350 e. The molecule has 0 spiro atoms. The standard InChI is InChI=1S/C21H26N4O/c26-21(17-6-2-1-3-7-17)23-15-18-14-20(16-10-12-22-13-11-16)25(24-18)19-8-4-5-9-19/h1-2,10-14,17,19H,3-9,15H2,(H,23,26). The predicted octanol–water partition coefficient (Wildman–Crippen LogP) is 4.03. The van der Waals surface area contributed by atoms with Gasteiger partial charge in [-0.25, -0.2) is 0 Å². The van der Waals surface area contributed by atoms with Gasteiger partial charge in [-0.3, -0.25) is 14.5 Å². The van der Waals surface area contributed by atoms with E-state index < -0.39 is 0 Å². The zero-order chi connectivity index (χ0) is 17.8. The molecule has 1 saturated carbocycles. The zero-order valence-electron chi connectivity index (χ0n) is 15.1. The van der Waals surface area contributed by atoms with Crippen LogP contribution < -0.4 is 5.32 Å². The fraction of sp³-hybridized carbons (Fsp3) is 0.476. The molecular weight excluding hydrogens is 324 g/mol. The molecule has 1 atom stereocenters. The van der Waals surface area contributed by atoms with Gasteiger partial charge in [-0.1, -0.05) is 25.0 Å². The lowest BCUT2D eigenvalue weighted by Gasteiger charge is -2.16. The summed E-state index contributed by atoms with van der Waals surface area (Å²) in [6.07, 6.45) is 15.6. The number of allylic oxidation sites excluding steroid dienone is 2. The molecule has 1 N–H and O–H groups in total. The van der Waals surface area contributed by atoms with Gasteiger partial charge in [-0.15, -0.1) is 0 Å². The SMILES string of the molecule is O=C(NCc1cc(-c2ccncc2)n(C2CCCC2)n1)C1CC=CCC1. The number of nitrogens with one attached hydrogen (secondary N) is 1. The Labute approximate surface area is 154 Å². The zero-order valence-corrected chi connectivity index (χ0v) is 15.1. The third-order valence-electron chi connectivity index (χ3n) is 5.52.